The molecule has 0 radical (unpaired) electrons. The highest BCUT2D eigenvalue weighted by Crippen LogP contribution is 2.33. The molecule has 0 bridgehead atoms. The van der Waals surface area contributed by atoms with E-state index in [0.29, 0.717) is 17.7 Å². The summed E-state index contributed by atoms with van der Waals surface area (Å²) in [5.41, 5.74) is 1.26. The van der Waals surface area contributed by atoms with Crippen LogP contribution in [0.1, 0.15) is 70.4 Å². The molecule has 4 nitrogen and oxygen atoms in total. The predicted octanol–water partition coefficient (Wildman–Crippen LogP) is 4.00. The summed E-state index contributed by atoms with van der Waals surface area (Å²) >= 11 is 0. The maximum atomic E-state index is 11.9. The number of hydrogen-bond donors (Lipinski definition) is 0. The van der Waals surface area contributed by atoms with Crippen LogP contribution < -0.4 is 0 Å². The Hall–Kier alpha value is -1.16. The molecule has 0 spiro atoms. The molecule has 2 aliphatic rings. The van der Waals surface area contributed by atoms with Gasteiger partial charge in [0.15, 0.2) is 0 Å². The third-order valence-electron chi connectivity index (χ3n) is 6.07. The van der Waals surface area contributed by atoms with Gasteiger partial charge in [0.05, 0.1) is 12.2 Å². The van der Waals surface area contributed by atoms with Gasteiger partial charge >= 0.3 is 0 Å². The number of likely N-dealkylation sites (tertiary alicyclic amines) is 1. The first-order chi connectivity index (χ1) is 11.5. The minimum atomic E-state index is 0.202. The van der Waals surface area contributed by atoms with Gasteiger partial charge in [-0.15, -0.1) is 0 Å². The molecule has 1 aromatic rings. The van der Waals surface area contributed by atoms with E-state index in [-0.39, 0.29) is 5.92 Å². The molecule has 1 saturated heterocycles. The molecule has 24 heavy (non-hydrogen) atoms. The molecule has 0 atom stereocenters. The second kappa shape index (κ2) is 7.81. The number of carbonyl (C=O) groups excluding carboxylic acids is 1. The van der Waals surface area contributed by atoms with E-state index in [4.69, 9.17) is 0 Å². The van der Waals surface area contributed by atoms with Crippen molar-refractivity contribution >= 4 is 5.78 Å². The number of ketones is 1. The van der Waals surface area contributed by atoms with Crippen LogP contribution in [0.15, 0.2) is 12.4 Å². The molecule has 0 N–H and O–H groups in total. The summed E-state index contributed by atoms with van der Waals surface area (Å²) in [4.78, 5) is 14.6. The average Bonchev–Trinajstić information content (AvgIpc) is 3.02. The van der Waals surface area contributed by atoms with Crippen molar-refractivity contribution in [2.24, 2.45) is 11.8 Å². The first kappa shape index (κ1) is 17.7. The number of Topliss-reactive ketones (excluding diaryl/α,β-unsaturated/α-hetero) is 1. The Bertz CT molecular complexity index is 535. The molecule has 2 fully saturated rings. The van der Waals surface area contributed by atoms with E-state index in [1.165, 1.54) is 57.2 Å². The van der Waals surface area contributed by atoms with E-state index in [9.17, 15) is 4.79 Å². The van der Waals surface area contributed by atoms with Gasteiger partial charge in [0.2, 0.25) is 0 Å². The topological polar surface area (TPSA) is 38.1 Å². The van der Waals surface area contributed by atoms with Crippen molar-refractivity contribution in [3.63, 3.8) is 0 Å². The summed E-state index contributed by atoms with van der Waals surface area (Å²) in [5.74, 6) is 1.29. The van der Waals surface area contributed by atoms with Crippen LogP contribution in [-0.4, -0.2) is 39.6 Å². The molecule has 0 aromatic carbocycles. The Kier molecular flexibility index (Phi) is 5.75. The maximum absolute atomic E-state index is 11.9. The highest BCUT2D eigenvalue weighted by Gasteiger charge is 2.30. The smallest absolute Gasteiger partial charge is 0.135 e. The van der Waals surface area contributed by atoms with E-state index >= 15 is 0 Å². The molecule has 0 amide bonds. The summed E-state index contributed by atoms with van der Waals surface area (Å²) in [6.07, 6.45) is 12.4. The van der Waals surface area contributed by atoms with Gasteiger partial charge in [0.1, 0.15) is 5.78 Å². The van der Waals surface area contributed by atoms with Gasteiger partial charge in [0, 0.05) is 37.7 Å². The summed E-state index contributed by atoms with van der Waals surface area (Å²) in [6, 6.07) is 1.32. The van der Waals surface area contributed by atoms with E-state index < -0.39 is 0 Å². The Balaban J connectivity index is 1.42. The molecular weight excluding hydrogens is 298 g/mol. The highest BCUT2D eigenvalue weighted by molar-refractivity contribution is 5.80. The normalized spacial score (nSPS) is 26.8. The number of rotatable bonds is 5. The molecule has 1 saturated carbocycles. The van der Waals surface area contributed by atoms with Crippen LogP contribution in [0.4, 0.5) is 0 Å². The fourth-order valence-electron chi connectivity index (χ4n) is 4.38. The fraction of sp³-hybridized carbons (Fsp3) is 0.800. The summed E-state index contributed by atoms with van der Waals surface area (Å²) in [5, 5.41) is 4.49. The van der Waals surface area contributed by atoms with Gasteiger partial charge in [-0.05, 0) is 56.9 Å². The fourth-order valence-corrected chi connectivity index (χ4v) is 4.38. The van der Waals surface area contributed by atoms with Crippen LogP contribution in [0.5, 0.6) is 0 Å². The van der Waals surface area contributed by atoms with Crippen molar-refractivity contribution < 1.29 is 4.79 Å². The van der Waals surface area contributed by atoms with Crippen LogP contribution in [0, 0.1) is 18.8 Å². The van der Waals surface area contributed by atoms with Crippen molar-refractivity contribution in [2.75, 3.05) is 13.1 Å². The zero-order valence-electron chi connectivity index (χ0n) is 15.6. The Morgan fingerprint density at radius 3 is 2.33 bits per heavy atom. The van der Waals surface area contributed by atoms with E-state index in [0.717, 1.165) is 12.5 Å². The second-order valence-corrected chi connectivity index (χ2v) is 8.26. The standard InChI is InChI=1S/C20H33N3O/c1-15(2)20(24)12-17-4-6-18(7-5-17)22-10-8-19(9-11-22)23-14-16(3)13-21-23/h13-15,17-19H,4-12H2,1-3H3/t17-,18-. The minimum Gasteiger partial charge on any atom is -0.300 e. The third-order valence-corrected chi connectivity index (χ3v) is 6.07. The van der Waals surface area contributed by atoms with Crippen molar-refractivity contribution in [1.82, 2.24) is 14.7 Å². The monoisotopic (exact) mass is 331 g/mol. The van der Waals surface area contributed by atoms with Gasteiger partial charge in [-0.1, -0.05) is 13.8 Å². The molecule has 134 valence electrons. The lowest BCUT2D eigenvalue weighted by Gasteiger charge is -2.40. The van der Waals surface area contributed by atoms with Crippen LogP contribution in [-0.2, 0) is 4.79 Å². The Morgan fingerprint density at radius 2 is 1.79 bits per heavy atom. The first-order valence-corrected chi connectivity index (χ1v) is 9.80. The van der Waals surface area contributed by atoms with E-state index in [1.54, 1.807) is 0 Å². The Labute approximate surface area is 146 Å². The van der Waals surface area contributed by atoms with Crippen molar-refractivity contribution in [3.05, 3.63) is 18.0 Å². The summed E-state index contributed by atoms with van der Waals surface area (Å²) in [7, 11) is 0. The van der Waals surface area contributed by atoms with E-state index in [1.807, 2.05) is 20.0 Å². The first-order valence-electron chi connectivity index (χ1n) is 9.80. The second-order valence-electron chi connectivity index (χ2n) is 8.26. The number of hydrogen-bond acceptors (Lipinski definition) is 3. The molecule has 1 aromatic heterocycles. The molecule has 4 heteroatoms. The molecular formula is C20H33N3O. The number of aromatic nitrogens is 2. The number of aryl methyl sites for hydroxylation is 1. The van der Waals surface area contributed by atoms with E-state index in [2.05, 4.69) is 27.8 Å². The van der Waals surface area contributed by atoms with Crippen LogP contribution in [0.2, 0.25) is 0 Å². The quantitative estimate of drug-likeness (QED) is 0.818. The zero-order chi connectivity index (χ0) is 17.1. The van der Waals surface area contributed by atoms with Gasteiger partial charge in [-0.3, -0.25) is 9.48 Å². The minimum absolute atomic E-state index is 0.202. The van der Waals surface area contributed by atoms with Crippen molar-refractivity contribution in [1.29, 1.82) is 0 Å². The van der Waals surface area contributed by atoms with Gasteiger partial charge in [-0.25, -0.2) is 0 Å². The zero-order valence-corrected chi connectivity index (χ0v) is 15.6. The largest absolute Gasteiger partial charge is 0.300 e. The number of carbonyl (C=O) groups is 1. The molecule has 1 aliphatic carbocycles. The summed E-state index contributed by atoms with van der Waals surface area (Å²) in [6.45, 7) is 8.56. The highest BCUT2D eigenvalue weighted by atomic mass is 16.1. The summed E-state index contributed by atoms with van der Waals surface area (Å²) < 4.78 is 2.17. The van der Waals surface area contributed by atoms with Crippen molar-refractivity contribution in [2.45, 2.75) is 77.8 Å². The van der Waals surface area contributed by atoms with Crippen LogP contribution in [0.3, 0.4) is 0 Å². The number of nitrogens with zero attached hydrogens (tertiary/aromatic N) is 3. The van der Waals surface area contributed by atoms with Crippen LogP contribution >= 0.6 is 0 Å². The molecule has 3 rings (SSSR count). The van der Waals surface area contributed by atoms with Crippen molar-refractivity contribution in [3.8, 4) is 0 Å². The van der Waals surface area contributed by atoms with Gasteiger partial charge in [-0.2, -0.15) is 5.10 Å². The lowest BCUT2D eigenvalue weighted by molar-refractivity contribution is -0.123. The third kappa shape index (κ3) is 4.27. The lowest BCUT2D eigenvalue weighted by Crippen LogP contribution is -2.43. The van der Waals surface area contributed by atoms with Gasteiger partial charge in [0.25, 0.3) is 0 Å². The molecule has 0 unspecified atom stereocenters. The molecule has 2 heterocycles. The average molecular weight is 332 g/mol. The molecule has 1 aliphatic heterocycles. The van der Waals surface area contributed by atoms with Crippen LogP contribution in [0.25, 0.3) is 0 Å². The lowest BCUT2D eigenvalue weighted by atomic mass is 9.81. The van der Waals surface area contributed by atoms with Gasteiger partial charge < -0.3 is 4.90 Å². The SMILES string of the molecule is Cc1cnn(C2CCN([C@H]3CC[C@H](CC(=O)C(C)C)CC3)CC2)c1. The predicted molar refractivity (Wildman–Crippen MR) is 97.0 cm³/mol. The maximum Gasteiger partial charge on any atom is 0.135 e. The Morgan fingerprint density at radius 1 is 1.12 bits per heavy atom. The number of piperidine rings is 1.